The van der Waals surface area contributed by atoms with Gasteiger partial charge in [0, 0.05) is 17.3 Å². The van der Waals surface area contributed by atoms with Gasteiger partial charge in [0.05, 0.1) is 6.54 Å². The van der Waals surface area contributed by atoms with E-state index in [4.69, 9.17) is 11.6 Å². The normalized spacial score (nSPS) is 12.9. The van der Waals surface area contributed by atoms with Crippen LogP contribution in [-0.4, -0.2) is 26.3 Å². The summed E-state index contributed by atoms with van der Waals surface area (Å²) in [6.45, 7) is 0.134. The van der Waals surface area contributed by atoms with E-state index in [2.05, 4.69) is 10.3 Å². The van der Waals surface area contributed by atoms with E-state index in [0.717, 1.165) is 14.9 Å². The number of halogens is 1. The highest BCUT2D eigenvalue weighted by atomic mass is 35.5. The van der Waals surface area contributed by atoms with E-state index in [1.807, 2.05) is 24.3 Å². The largest absolute Gasteiger partial charge is 0.365 e. The van der Waals surface area contributed by atoms with Crippen molar-refractivity contribution in [2.45, 2.75) is 19.6 Å². The predicted octanol–water partition coefficient (Wildman–Crippen LogP) is 2.00. The molecule has 1 N–H and O–H groups in total. The van der Waals surface area contributed by atoms with Gasteiger partial charge in [0.1, 0.15) is 6.54 Å². The van der Waals surface area contributed by atoms with Gasteiger partial charge in [-0.1, -0.05) is 41.9 Å². The number of carbonyl (C=O) groups excluding carboxylic acids is 2. The Kier molecular flexibility index (Phi) is 4.70. The summed E-state index contributed by atoms with van der Waals surface area (Å²) in [5.41, 5.74) is 0.898. The molecular formula is C19H16ClN5O3. The molecule has 0 saturated carbocycles. The minimum atomic E-state index is -0.631. The standard InChI is InChI=1S/C19H16ClN5O3/c20-14-6-4-5-13(9-14)10-21-17(26)12-24-18(27)22-16-11-23(19(28)25(16)24)15-7-2-1-3-8-15/h1-9H,10-12H2,(H,21,26). The third kappa shape index (κ3) is 3.41. The lowest BCUT2D eigenvalue weighted by Crippen LogP contribution is -2.38. The first-order valence-corrected chi connectivity index (χ1v) is 8.97. The molecular weight excluding hydrogens is 382 g/mol. The van der Waals surface area contributed by atoms with Gasteiger partial charge in [-0.15, -0.1) is 0 Å². The van der Waals surface area contributed by atoms with Crippen molar-refractivity contribution in [3.05, 3.63) is 81.5 Å². The van der Waals surface area contributed by atoms with E-state index in [9.17, 15) is 14.4 Å². The number of carbonyl (C=O) groups is 2. The fourth-order valence-corrected chi connectivity index (χ4v) is 3.28. The lowest BCUT2D eigenvalue weighted by molar-refractivity contribution is -0.122. The summed E-state index contributed by atoms with van der Waals surface area (Å²) >= 11 is 5.93. The van der Waals surface area contributed by atoms with Gasteiger partial charge in [0.2, 0.25) is 5.91 Å². The minimum Gasteiger partial charge on any atom is -0.350 e. The number of nitrogens with zero attached hydrogens (tertiary/aromatic N) is 4. The smallest absolute Gasteiger partial charge is 0.350 e. The summed E-state index contributed by atoms with van der Waals surface area (Å²) in [5.74, 6) is -0.0998. The number of para-hydroxylation sites is 1. The third-order valence-electron chi connectivity index (χ3n) is 4.38. The SMILES string of the molecule is O=C(Cn1c(=O)nc2n1C(=O)N(c1ccccc1)C2)NCc1cccc(Cl)c1. The average Bonchev–Trinajstić information content (AvgIpc) is 3.17. The summed E-state index contributed by atoms with van der Waals surface area (Å²) in [6.07, 6.45) is 0. The highest BCUT2D eigenvalue weighted by Crippen LogP contribution is 2.22. The topological polar surface area (TPSA) is 89.2 Å². The van der Waals surface area contributed by atoms with Crippen LogP contribution in [0.15, 0.2) is 59.4 Å². The molecule has 1 aliphatic rings. The zero-order valence-electron chi connectivity index (χ0n) is 14.7. The Bertz CT molecular complexity index is 1110. The molecule has 0 atom stereocenters. The van der Waals surface area contributed by atoms with E-state index in [1.165, 1.54) is 4.90 Å². The monoisotopic (exact) mass is 397 g/mol. The number of amides is 2. The van der Waals surface area contributed by atoms with Crippen molar-refractivity contribution in [3.8, 4) is 0 Å². The Hall–Kier alpha value is -3.39. The van der Waals surface area contributed by atoms with Crippen LogP contribution in [-0.2, 0) is 24.4 Å². The molecule has 3 aromatic rings. The second-order valence-corrected chi connectivity index (χ2v) is 6.73. The van der Waals surface area contributed by atoms with Crippen LogP contribution in [0.3, 0.4) is 0 Å². The van der Waals surface area contributed by atoms with Crippen LogP contribution in [0.25, 0.3) is 0 Å². The molecule has 0 bridgehead atoms. The number of benzene rings is 2. The number of aromatic nitrogens is 3. The molecule has 0 aliphatic carbocycles. The van der Waals surface area contributed by atoms with Gasteiger partial charge in [-0.3, -0.25) is 9.69 Å². The second kappa shape index (κ2) is 7.32. The van der Waals surface area contributed by atoms with Gasteiger partial charge in [-0.25, -0.2) is 14.3 Å². The molecule has 142 valence electrons. The van der Waals surface area contributed by atoms with Gasteiger partial charge in [0.25, 0.3) is 0 Å². The molecule has 0 fully saturated rings. The van der Waals surface area contributed by atoms with E-state index >= 15 is 0 Å². The minimum absolute atomic E-state index is 0.176. The first-order valence-electron chi connectivity index (χ1n) is 8.60. The van der Waals surface area contributed by atoms with E-state index in [0.29, 0.717) is 16.5 Å². The molecule has 2 heterocycles. The molecule has 4 rings (SSSR count). The summed E-state index contributed by atoms with van der Waals surface area (Å²) in [5, 5.41) is 3.29. The first kappa shape index (κ1) is 18.0. The molecule has 0 radical (unpaired) electrons. The Morgan fingerprint density at radius 2 is 1.89 bits per heavy atom. The van der Waals surface area contributed by atoms with Crippen molar-refractivity contribution in [3.63, 3.8) is 0 Å². The quantitative estimate of drug-likeness (QED) is 0.713. The molecule has 2 aromatic carbocycles. The molecule has 0 spiro atoms. The molecule has 2 amide bonds. The zero-order valence-corrected chi connectivity index (χ0v) is 15.5. The van der Waals surface area contributed by atoms with Gasteiger partial charge in [-0.05, 0) is 29.8 Å². The van der Waals surface area contributed by atoms with Gasteiger partial charge in [0.15, 0.2) is 5.82 Å². The summed E-state index contributed by atoms with van der Waals surface area (Å²) in [6, 6.07) is 15.8. The van der Waals surface area contributed by atoms with Crippen LogP contribution in [0.2, 0.25) is 5.02 Å². The Morgan fingerprint density at radius 1 is 1.11 bits per heavy atom. The Balaban J connectivity index is 1.49. The second-order valence-electron chi connectivity index (χ2n) is 6.29. The first-order chi connectivity index (χ1) is 13.5. The van der Waals surface area contributed by atoms with Crippen LogP contribution < -0.4 is 15.9 Å². The summed E-state index contributed by atoms with van der Waals surface area (Å²) in [4.78, 5) is 42.7. The van der Waals surface area contributed by atoms with E-state index < -0.39 is 17.6 Å². The van der Waals surface area contributed by atoms with Gasteiger partial charge >= 0.3 is 11.7 Å². The lowest BCUT2D eigenvalue weighted by Gasteiger charge is -2.15. The molecule has 1 aliphatic heterocycles. The molecule has 8 nitrogen and oxygen atoms in total. The van der Waals surface area contributed by atoms with Gasteiger partial charge in [-0.2, -0.15) is 9.67 Å². The van der Waals surface area contributed by atoms with Crippen molar-refractivity contribution in [1.82, 2.24) is 19.7 Å². The molecule has 28 heavy (non-hydrogen) atoms. The number of rotatable bonds is 5. The van der Waals surface area contributed by atoms with Crippen molar-refractivity contribution in [2.75, 3.05) is 4.90 Å². The van der Waals surface area contributed by atoms with E-state index in [-0.39, 0.29) is 19.6 Å². The average molecular weight is 398 g/mol. The highest BCUT2D eigenvalue weighted by Gasteiger charge is 2.33. The maximum Gasteiger partial charge on any atom is 0.365 e. The zero-order chi connectivity index (χ0) is 19.7. The van der Waals surface area contributed by atoms with Crippen molar-refractivity contribution < 1.29 is 9.59 Å². The fraction of sp³-hybridized carbons (Fsp3) is 0.158. The van der Waals surface area contributed by atoms with Crippen molar-refractivity contribution in [1.29, 1.82) is 0 Å². The number of hydrogen-bond donors (Lipinski definition) is 1. The number of hydrogen-bond acceptors (Lipinski definition) is 4. The Morgan fingerprint density at radius 3 is 2.64 bits per heavy atom. The number of anilines is 1. The Labute approximate surface area is 164 Å². The maximum atomic E-state index is 12.8. The predicted molar refractivity (Wildman–Crippen MR) is 103 cm³/mol. The van der Waals surface area contributed by atoms with Crippen LogP contribution in [0.5, 0.6) is 0 Å². The molecule has 1 aromatic heterocycles. The number of nitrogens with one attached hydrogen (secondary N) is 1. The third-order valence-corrected chi connectivity index (χ3v) is 4.62. The maximum absolute atomic E-state index is 12.8. The summed E-state index contributed by atoms with van der Waals surface area (Å²) in [7, 11) is 0. The fourth-order valence-electron chi connectivity index (χ4n) is 3.07. The highest BCUT2D eigenvalue weighted by molar-refractivity contribution is 6.30. The van der Waals surface area contributed by atoms with Crippen molar-refractivity contribution >= 4 is 29.2 Å². The molecule has 0 unspecified atom stereocenters. The molecule has 0 saturated heterocycles. The summed E-state index contributed by atoms with van der Waals surface area (Å²) < 4.78 is 2.21. The van der Waals surface area contributed by atoms with Crippen LogP contribution >= 0.6 is 11.6 Å². The lowest BCUT2D eigenvalue weighted by atomic mass is 10.2. The molecule has 9 heteroatoms. The van der Waals surface area contributed by atoms with Gasteiger partial charge < -0.3 is 5.32 Å². The van der Waals surface area contributed by atoms with Crippen LogP contribution in [0.4, 0.5) is 10.5 Å². The van der Waals surface area contributed by atoms with Crippen LogP contribution in [0.1, 0.15) is 11.4 Å². The van der Waals surface area contributed by atoms with Crippen LogP contribution in [0, 0.1) is 0 Å². The van der Waals surface area contributed by atoms with Crippen molar-refractivity contribution in [2.24, 2.45) is 0 Å². The van der Waals surface area contributed by atoms with E-state index in [1.54, 1.807) is 30.3 Å². The number of fused-ring (bicyclic) bond motifs is 1.